The molecular weight excluding hydrogens is 451 g/mol. The SMILES string of the molecule is CC(=N)N1CCC(Oc2ccc(NC(=O)CNc3cccc(C(=N)N)c3)cc2)CC1.Cl.Cl. The first-order valence-electron chi connectivity index (χ1n) is 9.96. The highest BCUT2D eigenvalue weighted by Crippen LogP contribution is 2.21. The highest BCUT2D eigenvalue weighted by atomic mass is 35.5. The third-order valence-corrected chi connectivity index (χ3v) is 4.98. The van der Waals surface area contributed by atoms with Crippen LogP contribution < -0.4 is 21.1 Å². The molecule has 1 amide bonds. The Morgan fingerprint density at radius 3 is 2.34 bits per heavy atom. The van der Waals surface area contributed by atoms with Crippen molar-refractivity contribution in [2.24, 2.45) is 5.73 Å². The third kappa shape index (κ3) is 7.94. The van der Waals surface area contributed by atoms with Crippen molar-refractivity contribution in [1.29, 1.82) is 10.8 Å². The standard InChI is InChI=1S/C22H28N6O2.2ClH/c1-15(23)28-11-9-20(10-12-28)30-19-7-5-17(6-8-19)27-21(29)14-26-18-4-2-3-16(13-18)22(24)25;;/h2-8,13,20,23,26H,9-12,14H2,1H3,(H3,24,25)(H,27,29);2*1H. The lowest BCUT2D eigenvalue weighted by Crippen LogP contribution is -2.40. The Hall–Kier alpha value is -2.97. The molecule has 3 rings (SSSR count). The quantitative estimate of drug-likeness (QED) is 0.304. The minimum Gasteiger partial charge on any atom is -0.490 e. The molecule has 32 heavy (non-hydrogen) atoms. The number of piperidine rings is 1. The molecule has 10 heteroatoms. The van der Waals surface area contributed by atoms with Crippen LogP contribution in [0.2, 0.25) is 0 Å². The Morgan fingerprint density at radius 1 is 1.09 bits per heavy atom. The topological polar surface area (TPSA) is 127 Å². The number of anilines is 2. The van der Waals surface area contributed by atoms with Crippen LogP contribution in [0.15, 0.2) is 48.5 Å². The number of carbonyl (C=O) groups excluding carboxylic acids is 1. The molecule has 0 aromatic heterocycles. The molecule has 0 saturated carbocycles. The highest BCUT2D eigenvalue weighted by Gasteiger charge is 2.20. The number of halogens is 2. The molecule has 2 aromatic rings. The van der Waals surface area contributed by atoms with E-state index >= 15 is 0 Å². The van der Waals surface area contributed by atoms with E-state index in [1.807, 2.05) is 37.3 Å². The summed E-state index contributed by atoms with van der Waals surface area (Å²) in [5.74, 6) is 1.19. The summed E-state index contributed by atoms with van der Waals surface area (Å²) in [5.41, 5.74) is 7.51. The molecule has 0 bridgehead atoms. The monoisotopic (exact) mass is 480 g/mol. The maximum absolute atomic E-state index is 12.2. The van der Waals surface area contributed by atoms with Crippen molar-refractivity contribution < 1.29 is 9.53 Å². The molecule has 0 unspecified atom stereocenters. The van der Waals surface area contributed by atoms with E-state index in [0.717, 1.165) is 37.4 Å². The summed E-state index contributed by atoms with van der Waals surface area (Å²) in [7, 11) is 0. The Bertz CT molecular complexity index is 915. The fourth-order valence-corrected chi connectivity index (χ4v) is 3.30. The van der Waals surface area contributed by atoms with Gasteiger partial charge in [0.2, 0.25) is 5.91 Å². The normalized spacial score (nSPS) is 13.2. The van der Waals surface area contributed by atoms with Crippen LogP contribution in [0, 0.1) is 10.8 Å². The van der Waals surface area contributed by atoms with Crippen LogP contribution in [0.1, 0.15) is 25.3 Å². The number of benzene rings is 2. The van der Waals surface area contributed by atoms with E-state index in [1.165, 1.54) is 0 Å². The number of likely N-dealkylation sites (tertiary alicyclic amines) is 1. The molecule has 2 aromatic carbocycles. The molecule has 8 nitrogen and oxygen atoms in total. The van der Waals surface area contributed by atoms with Crippen LogP contribution in [-0.4, -0.2) is 48.2 Å². The van der Waals surface area contributed by atoms with E-state index in [4.69, 9.17) is 21.3 Å². The number of rotatable bonds is 7. The number of hydrogen-bond donors (Lipinski definition) is 5. The summed E-state index contributed by atoms with van der Waals surface area (Å²) in [6.45, 7) is 3.60. The van der Waals surface area contributed by atoms with Crippen LogP contribution in [0.5, 0.6) is 5.75 Å². The molecule has 0 atom stereocenters. The third-order valence-electron chi connectivity index (χ3n) is 4.98. The highest BCUT2D eigenvalue weighted by molar-refractivity contribution is 5.96. The van der Waals surface area contributed by atoms with Gasteiger partial charge in [-0.05, 0) is 43.3 Å². The summed E-state index contributed by atoms with van der Waals surface area (Å²) in [6, 6.07) is 14.4. The predicted octanol–water partition coefficient (Wildman–Crippen LogP) is 3.71. The number of nitrogens with two attached hydrogens (primary N) is 1. The molecule has 0 spiro atoms. The fraction of sp³-hybridized carbons (Fsp3) is 0.318. The van der Waals surface area contributed by atoms with Crippen LogP contribution in [-0.2, 0) is 4.79 Å². The van der Waals surface area contributed by atoms with Crippen molar-refractivity contribution in [2.75, 3.05) is 30.3 Å². The second kappa shape index (κ2) is 12.8. The first kappa shape index (κ1) is 27.1. The van der Waals surface area contributed by atoms with Gasteiger partial charge < -0.3 is 26.0 Å². The van der Waals surface area contributed by atoms with E-state index in [1.54, 1.807) is 18.2 Å². The Morgan fingerprint density at radius 2 is 1.75 bits per heavy atom. The van der Waals surface area contributed by atoms with Crippen LogP contribution in [0.4, 0.5) is 11.4 Å². The number of amidine groups is 2. The maximum Gasteiger partial charge on any atom is 0.243 e. The molecule has 1 fully saturated rings. The van der Waals surface area contributed by atoms with Crippen molar-refractivity contribution in [3.05, 3.63) is 54.1 Å². The van der Waals surface area contributed by atoms with Crippen molar-refractivity contribution in [3.8, 4) is 5.75 Å². The van der Waals surface area contributed by atoms with E-state index in [0.29, 0.717) is 17.1 Å². The van der Waals surface area contributed by atoms with E-state index in [2.05, 4.69) is 15.5 Å². The largest absolute Gasteiger partial charge is 0.490 e. The Labute approximate surface area is 200 Å². The summed E-state index contributed by atoms with van der Waals surface area (Å²) in [6.07, 6.45) is 1.94. The van der Waals surface area contributed by atoms with Crippen LogP contribution in [0.3, 0.4) is 0 Å². The molecule has 1 heterocycles. The fourth-order valence-electron chi connectivity index (χ4n) is 3.30. The minimum absolute atomic E-state index is 0. The summed E-state index contributed by atoms with van der Waals surface area (Å²) >= 11 is 0. The van der Waals surface area contributed by atoms with E-state index < -0.39 is 0 Å². The first-order chi connectivity index (χ1) is 14.4. The van der Waals surface area contributed by atoms with Gasteiger partial charge in [0.25, 0.3) is 0 Å². The number of amides is 1. The summed E-state index contributed by atoms with van der Waals surface area (Å²) in [5, 5.41) is 21.0. The van der Waals surface area contributed by atoms with Gasteiger partial charge in [0.05, 0.1) is 12.4 Å². The number of carbonyl (C=O) groups is 1. The summed E-state index contributed by atoms with van der Waals surface area (Å²) in [4.78, 5) is 14.3. The van der Waals surface area contributed by atoms with Crippen molar-refractivity contribution in [3.63, 3.8) is 0 Å². The second-order valence-electron chi connectivity index (χ2n) is 7.31. The van der Waals surface area contributed by atoms with Gasteiger partial charge in [-0.1, -0.05) is 12.1 Å². The van der Waals surface area contributed by atoms with E-state index in [-0.39, 0.29) is 49.2 Å². The van der Waals surface area contributed by atoms with Crippen LogP contribution >= 0.6 is 24.8 Å². The maximum atomic E-state index is 12.2. The first-order valence-corrected chi connectivity index (χ1v) is 9.96. The van der Waals surface area contributed by atoms with Gasteiger partial charge in [-0.15, -0.1) is 24.8 Å². The van der Waals surface area contributed by atoms with Gasteiger partial charge in [-0.2, -0.15) is 0 Å². The number of nitrogens with one attached hydrogen (secondary N) is 4. The summed E-state index contributed by atoms with van der Waals surface area (Å²) < 4.78 is 6.03. The van der Waals surface area contributed by atoms with Crippen molar-refractivity contribution in [2.45, 2.75) is 25.9 Å². The molecule has 1 aliphatic rings. The van der Waals surface area contributed by atoms with Gasteiger partial charge in [-0.25, -0.2) is 0 Å². The molecule has 1 saturated heterocycles. The number of nitrogens with zero attached hydrogens (tertiary/aromatic N) is 1. The number of nitrogen functional groups attached to an aromatic ring is 1. The van der Waals surface area contributed by atoms with Gasteiger partial charge in [0, 0.05) is 42.9 Å². The van der Waals surface area contributed by atoms with Gasteiger partial charge in [0.1, 0.15) is 17.7 Å². The van der Waals surface area contributed by atoms with Gasteiger partial charge >= 0.3 is 0 Å². The second-order valence-corrected chi connectivity index (χ2v) is 7.31. The number of ether oxygens (including phenoxy) is 1. The average molecular weight is 481 g/mol. The molecule has 1 aliphatic heterocycles. The molecule has 0 radical (unpaired) electrons. The number of hydrogen-bond acceptors (Lipinski definition) is 5. The molecular formula is C22H30Cl2N6O2. The lowest BCUT2D eigenvalue weighted by molar-refractivity contribution is -0.114. The van der Waals surface area contributed by atoms with Crippen molar-refractivity contribution in [1.82, 2.24) is 4.90 Å². The minimum atomic E-state index is -0.175. The predicted molar refractivity (Wildman–Crippen MR) is 134 cm³/mol. The molecule has 6 N–H and O–H groups in total. The van der Waals surface area contributed by atoms with Crippen LogP contribution in [0.25, 0.3) is 0 Å². The lowest BCUT2D eigenvalue weighted by Gasteiger charge is -2.32. The average Bonchev–Trinajstić information content (AvgIpc) is 2.74. The molecule has 174 valence electrons. The lowest BCUT2D eigenvalue weighted by atomic mass is 10.1. The van der Waals surface area contributed by atoms with Gasteiger partial charge in [-0.3, -0.25) is 15.6 Å². The zero-order chi connectivity index (χ0) is 21.5. The zero-order valence-electron chi connectivity index (χ0n) is 17.9. The zero-order valence-corrected chi connectivity index (χ0v) is 19.5. The van der Waals surface area contributed by atoms with Crippen molar-refractivity contribution >= 4 is 53.8 Å². The van der Waals surface area contributed by atoms with E-state index in [9.17, 15) is 4.79 Å². The Balaban J connectivity index is 0.00000256. The smallest absolute Gasteiger partial charge is 0.243 e. The Kier molecular flexibility index (Phi) is 10.8. The molecule has 0 aliphatic carbocycles. The van der Waals surface area contributed by atoms with Gasteiger partial charge in [0.15, 0.2) is 0 Å².